The highest BCUT2D eigenvalue weighted by Gasteiger charge is 2.42. The second-order valence-electron chi connectivity index (χ2n) is 5.06. The smallest absolute Gasteiger partial charge is 0.165 e. The predicted octanol–water partition coefficient (Wildman–Crippen LogP) is 1.43. The fraction of sp³-hybridized carbons (Fsp3) is 0.909. The standard InChI is InChI=1S/C11H23BN2O/c1-6-9(13)14-8(3)7(2)11(4,5)15-10(14)12/h7-8,10,13H,6,12H2,1-5H3/t7-,8?,10-/m0/s1. The molecule has 0 aromatic heterocycles. The van der Waals surface area contributed by atoms with Crippen molar-refractivity contribution in [1.82, 2.24) is 4.90 Å². The Kier molecular flexibility index (Phi) is 3.49. The molecule has 86 valence electrons. The normalized spacial score (nSPS) is 35.3. The largest absolute Gasteiger partial charge is 0.361 e. The Morgan fingerprint density at radius 3 is 2.47 bits per heavy atom. The highest BCUT2D eigenvalue weighted by atomic mass is 16.5. The summed E-state index contributed by atoms with van der Waals surface area (Å²) >= 11 is 0. The minimum atomic E-state index is -0.0939. The highest BCUT2D eigenvalue weighted by molar-refractivity contribution is 6.12. The van der Waals surface area contributed by atoms with Crippen LogP contribution in [0.4, 0.5) is 0 Å². The van der Waals surface area contributed by atoms with E-state index < -0.39 is 0 Å². The molecule has 0 saturated carbocycles. The van der Waals surface area contributed by atoms with E-state index in [0.29, 0.717) is 17.8 Å². The van der Waals surface area contributed by atoms with Crippen molar-refractivity contribution in [1.29, 1.82) is 5.41 Å². The van der Waals surface area contributed by atoms with Gasteiger partial charge >= 0.3 is 0 Å². The minimum Gasteiger partial charge on any atom is -0.361 e. The maximum Gasteiger partial charge on any atom is 0.165 e. The third kappa shape index (κ3) is 2.20. The summed E-state index contributed by atoms with van der Waals surface area (Å²) in [6, 6.07) is 0.371. The first-order chi connectivity index (χ1) is 6.81. The lowest BCUT2D eigenvalue weighted by atomic mass is 9.81. The summed E-state index contributed by atoms with van der Waals surface area (Å²) in [6.07, 6.45) is 0.782. The van der Waals surface area contributed by atoms with Crippen LogP contribution in [-0.4, -0.2) is 36.4 Å². The lowest BCUT2D eigenvalue weighted by molar-refractivity contribution is -0.172. The van der Waals surface area contributed by atoms with E-state index in [9.17, 15) is 0 Å². The van der Waals surface area contributed by atoms with E-state index in [1.165, 1.54) is 0 Å². The number of rotatable bonds is 1. The van der Waals surface area contributed by atoms with Gasteiger partial charge in [0.15, 0.2) is 7.85 Å². The molecule has 0 bridgehead atoms. The van der Waals surface area contributed by atoms with Gasteiger partial charge in [-0.2, -0.15) is 0 Å². The molecule has 1 heterocycles. The summed E-state index contributed by atoms with van der Waals surface area (Å²) in [5.74, 6) is 1.11. The quantitative estimate of drug-likeness (QED) is 0.403. The number of hydrogen-bond acceptors (Lipinski definition) is 2. The maximum atomic E-state index is 7.96. The van der Waals surface area contributed by atoms with Crippen molar-refractivity contribution in [3.8, 4) is 0 Å². The third-order valence-electron chi connectivity index (χ3n) is 3.77. The molecule has 4 heteroatoms. The predicted molar refractivity (Wildman–Crippen MR) is 66.0 cm³/mol. The Morgan fingerprint density at radius 2 is 2.00 bits per heavy atom. The molecule has 0 aromatic rings. The molecular weight excluding hydrogens is 187 g/mol. The molecule has 1 saturated heterocycles. The Hall–Kier alpha value is -0.505. The van der Waals surface area contributed by atoms with Crippen LogP contribution in [0.25, 0.3) is 0 Å². The molecule has 1 rings (SSSR count). The van der Waals surface area contributed by atoms with E-state index in [0.717, 1.165) is 6.42 Å². The van der Waals surface area contributed by atoms with Gasteiger partial charge in [0, 0.05) is 18.4 Å². The first-order valence-corrected chi connectivity index (χ1v) is 5.84. The summed E-state index contributed by atoms with van der Waals surface area (Å²) in [5.41, 5.74) is -0.0939. The molecule has 1 unspecified atom stereocenters. The summed E-state index contributed by atoms with van der Waals surface area (Å²) < 4.78 is 5.98. The van der Waals surface area contributed by atoms with Crippen molar-refractivity contribution < 1.29 is 4.74 Å². The van der Waals surface area contributed by atoms with Gasteiger partial charge in [0.05, 0.1) is 17.6 Å². The van der Waals surface area contributed by atoms with Gasteiger partial charge in [-0.3, -0.25) is 5.41 Å². The average Bonchev–Trinajstić information content (AvgIpc) is 2.13. The molecule has 3 atom stereocenters. The fourth-order valence-electron chi connectivity index (χ4n) is 2.40. The summed E-state index contributed by atoms with van der Waals surface area (Å²) in [7, 11) is 2.04. The topological polar surface area (TPSA) is 36.3 Å². The van der Waals surface area contributed by atoms with Crippen molar-refractivity contribution in [3.63, 3.8) is 0 Å². The summed E-state index contributed by atoms with van der Waals surface area (Å²) in [4.78, 5) is 2.09. The zero-order chi connectivity index (χ0) is 11.8. The molecule has 0 radical (unpaired) electrons. The van der Waals surface area contributed by atoms with Gasteiger partial charge in [0.1, 0.15) is 0 Å². The summed E-state index contributed by atoms with van der Waals surface area (Å²) in [6.45, 7) is 10.7. The number of nitrogens with zero attached hydrogens (tertiary/aromatic N) is 1. The number of amidine groups is 1. The van der Waals surface area contributed by atoms with Crippen molar-refractivity contribution in [2.45, 2.75) is 58.8 Å². The van der Waals surface area contributed by atoms with Gasteiger partial charge < -0.3 is 9.64 Å². The van der Waals surface area contributed by atoms with E-state index in [2.05, 4.69) is 32.6 Å². The number of hydrogen-bond donors (Lipinski definition) is 1. The van der Waals surface area contributed by atoms with E-state index >= 15 is 0 Å². The second kappa shape index (κ2) is 4.16. The Bertz CT molecular complexity index is 255. The van der Waals surface area contributed by atoms with Gasteiger partial charge in [-0.1, -0.05) is 13.8 Å². The molecule has 0 amide bonds. The molecule has 1 N–H and O–H groups in total. The van der Waals surface area contributed by atoms with Crippen LogP contribution < -0.4 is 0 Å². The van der Waals surface area contributed by atoms with Gasteiger partial charge in [0.25, 0.3) is 0 Å². The van der Waals surface area contributed by atoms with Gasteiger partial charge in [-0.05, 0) is 20.8 Å². The maximum absolute atomic E-state index is 7.96. The highest BCUT2D eigenvalue weighted by Crippen LogP contribution is 2.34. The molecule has 0 spiro atoms. The molecule has 1 aliphatic heterocycles. The van der Waals surface area contributed by atoms with E-state index in [4.69, 9.17) is 10.1 Å². The molecule has 1 fully saturated rings. The van der Waals surface area contributed by atoms with Crippen LogP contribution >= 0.6 is 0 Å². The molecule has 0 aliphatic carbocycles. The van der Waals surface area contributed by atoms with Crippen LogP contribution in [-0.2, 0) is 4.74 Å². The Labute approximate surface area is 94.1 Å². The molecule has 3 nitrogen and oxygen atoms in total. The molecular formula is C11H23BN2O. The molecule has 15 heavy (non-hydrogen) atoms. The lowest BCUT2D eigenvalue weighted by Gasteiger charge is -2.52. The Morgan fingerprint density at radius 1 is 1.47 bits per heavy atom. The summed E-state index contributed by atoms with van der Waals surface area (Å²) in [5, 5.41) is 7.96. The van der Waals surface area contributed by atoms with E-state index in [1.807, 2.05) is 14.8 Å². The zero-order valence-corrected chi connectivity index (χ0v) is 10.8. The van der Waals surface area contributed by atoms with Crippen molar-refractivity contribution in [3.05, 3.63) is 0 Å². The van der Waals surface area contributed by atoms with Crippen LogP contribution in [0, 0.1) is 11.3 Å². The monoisotopic (exact) mass is 210 g/mol. The van der Waals surface area contributed by atoms with Crippen LogP contribution in [0.5, 0.6) is 0 Å². The minimum absolute atomic E-state index is 0.0126. The second-order valence-corrected chi connectivity index (χ2v) is 5.06. The van der Waals surface area contributed by atoms with Gasteiger partial charge in [-0.15, -0.1) is 0 Å². The van der Waals surface area contributed by atoms with Crippen LogP contribution in [0.1, 0.15) is 41.0 Å². The molecule has 1 aliphatic rings. The van der Waals surface area contributed by atoms with Crippen molar-refractivity contribution in [2.24, 2.45) is 5.92 Å². The SMILES string of the molecule is B[C@@H]1OC(C)(C)[C@@H](C)C(C)N1C(=N)CC. The number of nitrogens with one attached hydrogen (secondary N) is 1. The zero-order valence-electron chi connectivity index (χ0n) is 10.8. The van der Waals surface area contributed by atoms with E-state index in [-0.39, 0.29) is 11.7 Å². The Balaban J connectivity index is 2.89. The fourth-order valence-corrected chi connectivity index (χ4v) is 2.40. The van der Waals surface area contributed by atoms with Crippen molar-refractivity contribution in [2.75, 3.05) is 0 Å². The average molecular weight is 210 g/mol. The lowest BCUT2D eigenvalue weighted by Crippen LogP contribution is -2.61. The van der Waals surface area contributed by atoms with Gasteiger partial charge in [0.2, 0.25) is 0 Å². The molecule has 0 aromatic carbocycles. The van der Waals surface area contributed by atoms with Crippen LogP contribution in [0.15, 0.2) is 0 Å². The third-order valence-corrected chi connectivity index (χ3v) is 3.77. The number of ether oxygens (including phenoxy) is 1. The first kappa shape index (κ1) is 12.6. The van der Waals surface area contributed by atoms with E-state index in [1.54, 1.807) is 0 Å². The first-order valence-electron chi connectivity index (χ1n) is 5.84. The van der Waals surface area contributed by atoms with Gasteiger partial charge in [-0.25, -0.2) is 0 Å². The van der Waals surface area contributed by atoms with Crippen molar-refractivity contribution >= 4 is 13.7 Å². The van der Waals surface area contributed by atoms with Crippen LogP contribution in [0.3, 0.4) is 0 Å². The van der Waals surface area contributed by atoms with Crippen LogP contribution in [0.2, 0.25) is 0 Å².